The van der Waals surface area contributed by atoms with Crippen LogP contribution in [0.5, 0.6) is 11.5 Å². The molecular weight excluding hydrogens is 712 g/mol. The lowest BCUT2D eigenvalue weighted by molar-refractivity contribution is 0.293. The standard InChI is InChI=1S/C30H50Br4O2/c31-21-17-13-9-5-1-3-7-11-15-19-23-35-29-25-28(34)30(26-27(29)33)36-24-20-16-12-8-4-2-6-10-14-18-22-32/h25-26H,1-24H2. The normalized spacial score (nSPS) is 11.2. The second kappa shape index (κ2) is 26.0. The van der Waals surface area contributed by atoms with Crippen LogP contribution in [0.15, 0.2) is 21.1 Å². The number of halogens is 4. The first-order valence-corrected chi connectivity index (χ1v) is 18.4. The molecule has 0 spiro atoms. The second-order valence-corrected chi connectivity index (χ2v) is 13.2. The molecule has 0 aromatic heterocycles. The highest BCUT2D eigenvalue weighted by Gasteiger charge is 2.09. The Morgan fingerprint density at radius 3 is 0.917 bits per heavy atom. The molecule has 0 saturated heterocycles. The first-order chi connectivity index (χ1) is 17.7. The highest BCUT2D eigenvalue weighted by Crippen LogP contribution is 2.36. The van der Waals surface area contributed by atoms with Gasteiger partial charge in [-0.05, 0) is 69.7 Å². The Kier molecular flexibility index (Phi) is 25.1. The number of ether oxygens (including phenoxy) is 2. The van der Waals surface area contributed by atoms with Crippen LogP contribution in [0.25, 0.3) is 0 Å². The summed E-state index contributed by atoms with van der Waals surface area (Å²) >= 11 is 14.3. The molecule has 0 N–H and O–H groups in total. The quantitative estimate of drug-likeness (QED) is 0.0691. The first kappa shape index (κ1) is 34.8. The fourth-order valence-electron chi connectivity index (χ4n) is 4.32. The van der Waals surface area contributed by atoms with Crippen LogP contribution < -0.4 is 9.47 Å². The van der Waals surface area contributed by atoms with E-state index in [2.05, 4.69) is 63.7 Å². The highest BCUT2D eigenvalue weighted by molar-refractivity contribution is 9.11. The minimum atomic E-state index is 0.772. The molecule has 210 valence electrons. The van der Waals surface area contributed by atoms with E-state index in [1.807, 2.05) is 12.1 Å². The second-order valence-electron chi connectivity index (χ2n) is 9.86. The maximum absolute atomic E-state index is 6.03. The van der Waals surface area contributed by atoms with E-state index in [1.165, 1.54) is 116 Å². The van der Waals surface area contributed by atoms with Crippen LogP contribution in [0, 0.1) is 0 Å². The van der Waals surface area contributed by atoms with Crippen molar-refractivity contribution in [3.8, 4) is 11.5 Å². The third-order valence-electron chi connectivity index (χ3n) is 6.56. The molecule has 2 nitrogen and oxygen atoms in total. The largest absolute Gasteiger partial charge is 0.492 e. The average molecular weight is 762 g/mol. The number of hydrogen-bond acceptors (Lipinski definition) is 2. The molecule has 0 aliphatic carbocycles. The summed E-state index contributed by atoms with van der Waals surface area (Å²) in [5.41, 5.74) is 0. The molecule has 0 bridgehead atoms. The Morgan fingerprint density at radius 1 is 0.389 bits per heavy atom. The van der Waals surface area contributed by atoms with Crippen molar-refractivity contribution in [3.63, 3.8) is 0 Å². The van der Waals surface area contributed by atoms with Crippen molar-refractivity contribution in [1.29, 1.82) is 0 Å². The zero-order valence-electron chi connectivity index (χ0n) is 22.5. The summed E-state index contributed by atoms with van der Waals surface area (Å²) in [6.07, 6.45) is 26.6. The minimum Gasteiger partial charge on any atom is -0.492 e. The van der Waals surface area contributed by atoms with Crippen molar-refractivity contribution in [2.45, 2.75) is 128 Å². The number of unbranched alkanes of at least 4 members (excludes halogenated alkanes) is 18. The van der Waals surface area contributed by atoms with Gasteiger partial charge >= 0.3 is 0 Å². The van der Waals surface area contributed by atoms with Crippen molar-refractivity contribution < 1.29 is 9.47 Å². The topological polar surface area (TPSA) is 18.5 Å². The maximum Gasteiger partial charge on any atom is 0.134 e. The molecule has 0 fully saturated rings. The Balaban J connectivity index is 2.04. The summed E-state index contributed by atoms with van der Waals surface area (Å²) in [5, 5.41) is 2.30. The van der Waals surface area contributed by atoms with Crippen LogP contribution in [0.1, 0.15) is 128 Å². The SMILES string of the molecule is BrCCCCCCCCCCCCOc1cc(Br)c(OCCCCCCCCCCCCBr)cc1Br. The molecule has 1 aromatic carbocycles. The van der Waals surface area contributed by atoms with E-state index in [1.54, 1.807) is 0 Å². The zero-order chi connectivity index (χ0) is 26.1. The minimum absolute atomic E-state index is 0.772. The Morgan fingerprint density at radius 2 is 0.639 bits per heavy atom. The predicted octanol–water partition coefficient (Wildman–Crippen LogP) is 12.6. The first-order valence-electron chi connectivity index (χ1n) is 14.6. The molecular formula is C30H50Br4O2. The lowest BCUT2D eigenvalue weighted by Gasteiger charge is -2.13. The van der Waals surface area contributed by atoms with E-state index in [-0.39, 0.29) is 0 Å². The van der Waals surface area contributed by atoms with E-state index in [4.69, 9.17) is 9.47 Å². The maximum atomic E-state index is 6.03. The van der Waals surface area contributed by atoms with E-state index in [0.29, 0.717) is 0 Å². The number of alkyl halides is 2. The molecule has 1 rings (SSSR count). The summed E-state index contributed by atoms with van der Waals surface area (Å²) in [5.74, 6) is 1.79. The van der Waals surface area contributed by atoms with E-state index < -0.39 is 0 Å². The van der Waals surface area contributed by atoms with Crippen molar-refractivity contribution in [1.82, 2.24) is 0 Å². The van der Waals surface area contributed by atoms with Crippen molar-refractivity contribution in [2.24, 2.45) is 0 Å². The van der Waals surface area contributed by atoms with Crippen molar-refractivity contribution in [2.75, 3.05) is 23.9 Å². The van der Waals surface area contributed by atoms with Crippen molar-refractivity contribution >= 4 is 63.7 Å². The molecule has 6 heteroatoms. The average Bonchev–Trinajstić information content (AvgIpc) is 2.87. The van der Waals surface area contributed by atoms with Gasteiger partial charge in [0, 0.05) is 10.7 Å². The number of rotatable bonds is 26. The van der Waals surface area contributed by atoms with Crippen LogP contribution in [-0.2, 0) is 0 Å². The summed E-state index contributed by atoms with van der Waals surface area (Å²) in [4.78, 5) is 0. The Hall–Kier alpha value is 0.740. The van der Waals surface area contributed by atoms with Crippen LogP contribution in [-0.4, -0.2) is 23.9 Å². The van der Waals surface area contributed by atoms with Gasteiger partial charge in [-0.1, -0.05) is 135 Å². The van der Waals surface area contributed by atoms with Gasteiger partial charge in [0.25, 0.3) is 0 Å². The summed E-state index contributed by atoms with van der Waals surface area (Å²) in [6.45, 7) is 1.54. The van der Waals surface area contributed by atoms with Gasteiger partial charge in [-0.3, -0.25) is 0 Å². The van der Waals surface area contributed by atoms with Gasteiger partial charge < -0.3 is 9.47 Å². The Labute approximate surface area is 256 Å². The van der Waals surface area contributed by atoms with Gasteiger partial charge in [-0.25, -0.2) is 0 Å². The molecule has 0 heterocycles. The molecule has 0 aliphatic rings. The van der Waals surface area contributed by atoms with E-state index in [0.717, 1.165) is 57.2 Å². The molecule has 0 atom stereocenters. The lowest BCUT2D eigenvalue weighted by atomic mass is 10.1. The third-order valence-corrected chi connectivity index (χ3v) is 8.92. The van der Waals surface area contributed by atoms with E-state index in [9.17, 15) is 0 Å². The lowest BCUT2D eigenvalue weighted by Crippen LogP contribution is -2.01. The van der Waals surface area contributed by atoms with Crippen molar-refractivity contribution in [3.05, 3.63) is 21.1 Å². The van der Waals surface area contributed by atoms with Gasteiger partial charge in [0.15, 0.2) is 0 Å². The van der Waals surface area contributed by atoms with Gasteiger partial charge in [0.1, 0.15) is 11.5 Å². The molecule has 0 aliphatic heterocycles. The molecule has 1 aromatic rings. The molecule has 36 heavy (non-hydrogen) atoms. The summed E-state index contributed by atoms with van der Waals surface area (Å²) in [6, 6.07) is 4.07. The van der Waals surface area contributed by atoms with Crippen LogP contribution in [0.2, 0.25) is 0 Å². The zero-order valence-corrected chi connectivity index (χ0v) is 28.8. The summed E-state index contributed by atoms with van der Waals surface area (Å²) in [7, 11) is 0. The fraction of sp³-hybridized carbons (Fsp3) is 0.800. The van der Waals surface area contributed by atoms with E-state index >= 15 is 0 Å². The van der Waals surface area contributed by atoms with Gasteiger partial charge in [0.2, 0.25) is 0 Å². The highest BCUT2D eigenvalue weighted by atomic mass is 79.9. The van der Waals surface area contributed by atoms with Gasteiger partial charge in [0.05, 0.1) is 22.2 Å². The monoisotopic (exact) mass is 758 g/mol. The van der Waals surface area contributed by atoms with Crippen LogP contribution >= 0.6 is 63.7 Å². The Bertz CT molecular complexity index is 573. The number of benzene rings is 1. The van der Waals surface area contributed by atoms with Gasteiger partial charge in [-0.15, -0.1) is 0 Å². The number of hydrogen-bond donors (Lipinski definition) is 0. The molecule has 0 unspecified atom stereocenters. The molecule has 0 amide bonds. The molecule has 0 radical (unpaired) electrons. The third kappa shape index (κ3) is 19.8. The molecule has 0 saturated carbocycles. The van der Waals surface area contributed by atoms with Crippen LogP contribution in [0.3, 0.4) is 0 Å². The smallest absolute Gasteiger partial charge is 0.134 e. The fourth-order valence-corrected chi connectivity index (χ4v) is 5.98. The predicted molar refractivity (Wildman–Crippen MR) is 173 cm³/mol. The summed E-state index contributed by atoms with van der Waals surface area (Å²) < 4.78 is 14.0. The van der Waals surface area contributed by atoms with Crippen LogP contribution in [0.4, 0.5) is 0 Å². The van der Waals surface area contributed by atoms with Gasteiger partial charge in [-0.2, -0.15) is 0 Å².